The number of methoxy groups -OCH3 is 1. The topological polar surface area (TPSA) is 79.0 Å². The molecule has 2 aliphatic heterocycles. The van der Waals surface area contributed by atoms with Crippen molar-refractivity contribution in [2.24, 2.45) is 0 Å². The third kappa shape index (κ3) is 7.00. The van der Waals surface area contributed by atoms with E-state index in [2.05, 4.69) is 58.3 Å². The number of pyridine rings is 1. The highest BCUT2D eigenvalue weighted by molar-refractivity contribution is 5.99. The van der Waals surface area contributed by atoms with Gasteiger partial charge in [0.15, 0.2) is 0 Å². The molecule has 5 rings (SSSR count). The van der Waals surface area contributed by atoms with Gasteiger partial charge in [0, 0.05) is 31.4 Å². The maximum absolute atomic E-state index is 11.9. The Hall–Kier alpha value is -4.04. The number of nitrogens with zero attached hydrogens (tertiary/aromatic N) is 3. The molecule has 1 unspecified atom stereocenters. The number of piperidine rings is 2. The highest BCUT2D eigenvalue weighted by Crippen LogP contribution is 2.38. The van der Waals surface area contributed by atoms with Crippen LogP contribution < -0.4 is 25.0 Å². The predicted octanol–water partition coefficient (Wildman–Crippen LogP) is 6.86. The van der Waals surface area contributed by atoms with Crippen LogP contribution in [0.5, 0.6) is 17.4 Å². The van der Waals surface area contributed by atoms with E-state index in [1.54, 1.807) is 7.11 Å². The van der Waals surface area contributed by atoms with Crippen molar-refractivity contribution in [3.8, 4) is 17.4 Å². The van der Waals surface area contributed by atoms with Crippen LogP contribution in [0.25, 0.3) is 0 Å². The number of aryl methyl sites for hydroxylation is 1. The van der Waals surface area contributed by atoms with Gasteiger partial charge in [-0.2, -0.15) is 4.98 Å². The van der Waals surface area contributed by atoms with Crippen LogP contribution >= 0.6 is 0 Å². The Labute approximate surface area is 243 Å². The van der Waals surface area contributed by atoms with Gasteiger partial charge in [-0.25, -0.2) is 0 Å². The number of anilines is 4. The monoisotopic (exact) mass is 555 g/mol. The van der Waals surface area contributed by atoms with Gasteiger partial charge in [-0.05, 0) is 106 Å². The standard InChI is InChI=1S/C33H41N5O3/c1-5-32(39)35-28-21-26(13-11-23(28)2)41-33-29(38-18-7-6-8-19-38)15-16-31(36-33)34-27-14-12-24(20-30(27)40-4)25-10-9-17-37(3)22-25/h5,11-16,20-21,25H,1,6-10,17-19,22H2,2-4H3,(H,34,36)(H,35,39). The van der Waals surface area contributed by atoms with Gasteiger partial charge in [0.05, 0.1) is 12.8 Å². The zero-order chi connectivity index (χ0) is 28.8. The van der Waals surface area contributed by atoms with Gasteiger partial charge in [-0.1, -0.05) is 18.7 Å². The first-order valence-electron chi connectivity index (χ1n) is 14.5. The number of carbonyl (C=O) groups excluding carboxylic acids is 1. The summed E-state index contributed by atoms with van der Waals surface area (Å²) in [5.74, 6) is 2.81. The van der Waals surface area contributed by atoms with E-state index in [9.17, 15) is 4.79 Å². The summed E-state index contributed by atoms with van der Waals surface area (Å²) in [5.41, 5.74) is 4.72. The summed E-state index contributed by atoms with van der Waals surface area (Å²) < 4.78 is 12.2. The minimum atomic E-state index is -0.265. The minimum Gasteiger partial charge on any atom is -0.495 e. The van der Waals surface area contributed by atoms with Crippen LogP contribution in [-0.2, 0) is 4.79 Å². The molecule has 0 radical (unpaired) electrons. The van der Waals surface area contributed by atoms with Gasteiger partial charge in [-0.15, -0.1) is 0 Å². The third-order valence-corrected chi connectivity index (χ3v) is 7.99. The number of carbonyl (C=O) groups is 1. The van der Waals surface area contributed by atoms with Crippen LogP contribution in [0.1, 0.15) is 49.1 Å². The van der Waals surface area contributed by atoms with Crippen molar-refractivity contribution in [2.45, 2.75) is 44.9 Å². The molecule has 2 saturated heterocycles. The van der Waals surface area contributed by atoms with Crippen molar-refractivity contribution in [3.05, 3.63) is 72.3 Å². The first-order chi connectivity index (χ1) is 19.9. The average Bonchev–Trinajstić information content (AvgIpc) is 2.99. The Bertz CT molecular complexity index is 1390. The molecular formula is C33H41N5O3. The Morgan fingerprint density at radius 2 is 1.85 bits per heavy atom. The van der Waals surface area contributed by atoms with Crippen molar-refractivity contribution in [3.63, 3.8) is 0 Å². The second kappa shape index (κ2) is 13.1. The fraction of sp³-hybridized carbons (Fsp3) is 0.394. The number of aromatic nitrogens is 1. The van der Waals surface area contributed by atoms with Gasteiger partial charge in [0.2, 0.25) is 11.8 Å². The molecular weight excluding hydrogens is 514 g/mol. The summed E-state index contributed by atoms with van der Waals surface area (Å²) in [5, 5.41) is 6.31. The molecule has 3 aromatic rings. The summed E-state index contributed by atoms with van der Waals surface area (Å²) in [6.45, 7) is 9.64. The summed E-state index contributed by atoms with van der Waals surface area (Å²) in [7, 11) is 3.89. The first-order valence-corrected chi connectivity index (χ1v) is 14.5. The number of ether oxygens (including phenoxy) is 2. The second-order valence-electron chi connectivity index (χ2n) is 11.0. The number of hydrogen-bond acceptors (Lipinski definition) is 7. The molecule has 2 fully saturated rings. The maximum atomic E-state index is 11.9. The highest BCUT2D eigenvalue weighted by atomic mass is 16.5. The molecule has 0 saturated carbocycles. The lowest BCUT2D eigenvalue weighted by Crippen LogP contribution is -2.30. The molecule has 1 amide bonds. The van der Waals surface area contributed by atoms with Gasteiger partial charge >= 0.3 is 0 Å². The number of benzene rings is 2. The van der Waals surface area contributed by atoms with Crippen LogP contribution in [-0.4, -0.2) is 56.1 Å². The molecule has 216 valence electrons. The number of likely N-dealkylation sites (N-methyl/N-ethyl adjacent to an activating group) is 1. The second-order valence-corrected chi connectivity index (χ2v) is 11.0. The molecule has 3 heterocycles. The lowest BCUT2D eigenvalue weighted by atomic mass is 9.90. The van der Waals surface area contributed by atoms with E-state index in [1.807, 2.05) is 31.2 Å². The Kier molecular flexibility index (Phi) is 9.09. The van der Waals surface area contributed by atoms with Crippen molar-refractivity contribution < 1.29 is 14.3 Å². The van der Waals surface area contributed by atoms with Gasteiger partial charge in [0.1, 0.15) is 23.0 Å². The van der Waals surface area contributed by atoms with Crippen LogP contribution in [0, 0.1) is 6.92 Å². The SMILES string of the molecule is C=CC(=O)Nc1cc(Oc2nc(Nc3ccc(C4CCCN(C)C4)cc3OC)ccc2N2CCCCC2)ccc1C. The summed E-state index contributed by atoms with van der Waals surface area (Å²) in [6.07, 6.45) is 7.18. The van der Waals surface area contributed by atoms with E-state index in [0.29, 0.717) is 29.1 Å². The molecule has 2 aliphatic rings. The van der Waals surface area contributed by atoms with Gasteiger partial charge in [0.25, 0.3) is 0 Å². The number of nitrogens with one attached hydrogen (secondary N) is 2. The Morgan fingerprint density at radius 3 is 2.61 bits per heavy atom. The number of likely N-dealkylation sites (tertiary alicyclic amines) is 1. The third-order valence-electron chi connectivity index (χ3n) is 7.99. The quantitative estimate of drug-likeness (QED) is 0.279. The normalized spacial score (nSPS) is 17.5. The van der Waals surface area contributed by atoms with Crippen molar-refractivity contribution in [1.82, 2.24) is 9.88 Å². The fourth-order valence-corrected chi connectivity index (χ4v) is 5.69. The Morgan fingerprint density at radius 1 is 1.02 bits per heavy atom. The van der Waals surface area contributed by atoms with E-state index >= 15 is 0 Å². The van der Waals surface area contributed by atoms with E-state index in [1.165, 1.54) is 30.9 Å². The molecule has 1 aromatic heterocycles. The largest absolute Gasteiger partial charge is 0.495 e. The molecule has 2 N–H and O–H groups in total. The van der Waals surface area contributed by atoms with E-state index < -0.39 is 0 Å². The van der Waals surface area contributed by atoms with Crippen LogP contribution in [0.4, 0.5) is 22.9 Å². The lowest BCUT2D eigenvalue weighted by Gasteiger charge is -2.30. The molecule has 8 heteroatoms. The van der Waals surface area contributed by atoms with Crippen LogP contribution in [0.15, 0.2) is 61.2 Å². The van der Waals surface area contributed by atoms with Crippen LogP contribution in [0.2, 0.25) is 0 Å². The Balaban J connectivity index is 1.43. The zero-order valence-electron chi connectivity index (χ0n) is 24.4. The number of amides is 1. The molecule has 0 aliphatic carbocycles. The van der Waals surface area contributed by atoms with Crippen LogP contribution in [0.3, 0.4) is 0 Å². The van der Waals surface area contributed by atoms with E-state index in [4.69, 9.17) is 14.5 Å². The summed E-state index contributed by atoms with van der Waals surface area (Å²) in [6, 6.07) is 16.1. The average molecular weight is 556 g/mol. The van der Waals surface area contributed by atoms with Crippen molar-refractivity contribution in [2.75, 3.05) is 55.9 Å². The molecule has 8 nitrogen and oxygen atoms in total. The maximum Gasteiger partial charge on any atom is 0.247 e. The smallest absolute Gasteiger partial charge is 0.247 e. The number of hydrogen-bond donors (Lipinski definition) is 2. The first kappa shape index (κ1) is 28.5. The van der Waals surface area contributed by atoms with Crippen molar-refractivity contribution >= 4 is 28.8 Å². The van der Waals surface area contributed by atoms with E-state index in [0.717, 1.165) is 61.7 Å². The summed E-state index contributed by atoms with van der Waals surface area (Å²) in [4.78, 5) is 21.6. The summed E-state index contributed by atoms with van der Waals surface area (Å²) >= 11 is 0. The van der Waals surface area contributed by atoms with Gasteiger partial charge in [-0.3, -0.25) is 4.79 Å². The minimum absolute atomic E-state index is 0.265. The van der Waals surface area contributed by atoms with Crippen molar-refractivity contribution in [1.29, 1.82) is 0 Å². The molecule has 2 aromatic carbocycles. The molecule has 0 spiro atoms. The van der Waals surface area contributed by atoms with E-state index in [-0.39, 0.29) is 5.91 Å². The molecule has 41 heavy (non-hydrogen) atoms. The molecule has 1 atom stereocenters. The predicted molar refractivity (Wildman–Crippen MR) is 166 cm³/mol. The number of rotatable bonds is 9. The highest BCUT2D eigenvalue weighted by Gasteiger charge is 2.21. The fourth-order valence-electron chi connectivity index (χ4n) is 5.69. The lowest BCUT2D eigenvalue weighted by molar-refractivity contribution is -0.111. The molecule has 0 bridgehead atoms. The zero-order valence-corrected chi connectivity index (χ0v) is 24.4. The van der Waals surface area contributed by atoms with Gasteiger partial charge < -0.3 is 29.9 Å².